The number of nitrogens with one attached hydrogen (secondary N) is 1. The van der Waals surface area contributed by atoms with E-state index in [0.29, 0.717) is 24.4 Å². The molecule has 1 aromatic heterocycles. The molecule has 39 heavy (non-hydrogen) atoms. The van der Waals surface area contributed by atoms with E-state index >= 15 is 0 Å². The first-order valence-electron chi connectivity index (χ1n) is 11.8. The molecule has 1 atom stereocenters. The number of rotatable bonds is 7. The number of para-hydroxylation sites is 1. The Balaban J connectivity index is 1.46. The lowest BCUT2D eigenvalue weighted by atomic mass is 10.1. The normalized spacial score (nSPS) is 15.1. The van der Waals surface area contributed by atoms with Gasteiger partial charge in [-0.25, -0.2) is 8.42 Å². The monoisotopic (exact) mass is 585 g/mol. The van der Waals surface area contributed by atoms with Crippen molar-refractivity contribution in [2.24, 2.45) is 0 Å². The number of aromatic nitrogens is 1. The summed E-state index contributed by atoms with van der Waals surface area (Å²) in [5, 5.41) is 3.64. The van der Waals surface area contributed by atoms with Crippen LogP contribution in [0.2, 0.25) is 5.02 Å². The number of benzene rings is 3. The van der Waals surface area contributed by atoms with Gasteiger partial charge in [0, 0.05) is 35.4 Å². The summed E-state index contributed by atoms with van der Waals surface area (Å²) in [4.78, 5) is 17.8. The average molecular weight is 586 g/mol. The smallest absolute Gasteiger partial charge is 0.257 e. The van der Waals surface area contributed by atoms with Crippen LogP contribution >= 0.6 is 11.6 Å². The number of carbonyl (C=O) groups is 1. The van der Waals surface area contributed by atoms with E-state index < -0.39 is 27.2 Å². The molecule has 10 nitrogen and oxygen atoms in total. The van der Waals surface area contributed by atoms with Gasteiger partial charge in [0.2, 0.25) is 10.0 Å². The Morgan fingerprint density at radius 2 is 1.74 bits per heavy atom. The van der Waals surface area contributed by atoms with Crippen molar-refractivity contribution in [3.8, 4) is 0 Å². The van der Waals surface area contributed by atoms with Crippen molar-refractivity contribution in [3.63, 3.8) is 0 Å². The van der Waals surface area contributed by atoms with Crippen LogP contribution in [0.1, 0.15) is 10.4 Å². The highest BCUT2D eigenvalue weighted by atomic mass is 35.5. The summed E-state index contributed by atoms with van der Waals surface area (Å²) in [6.07, 6.45) is 1.55. The van der Waals surface area contributed by atoms with Crippen LogP contribution in [0.5, 0.6) is 0 Å². The number of nitrogens with zero attached hydrogens (tertiary/aromatic N) is 3. The maximum atomic E-state index is 13.4. The van der Waals surface area contributed by atoms with Crippen molar-refractivity contribution >= 4 is 66.8 Å². The van der Waals surface area contributed by atoms with Crippen molar-refractivity contribution in [1.29, 1.82) is 0 Å². The van der Waals surface area contributed by atoms with E-state index in [1.165, 1.54) is 46.8 Å². The Morgan fingerprint density at radius 1 is 1.03 bits per heavy atom. The predicted molar refractivity (Wildman–Crippen MR) is 148 cm³/mol. The number of hydrogen-bond acceptors (Lipinski definition) is 7. The number of ether oxygens (including phenoxy) is 1. The molecule has 0 aliphatic carbocycles. The lowest BCUT2D eigenvalue weighted by molar-refractivity contribution is 0.0730. The van der Waals surface area contributed by atoms with Gasteiger partial charge in [-0.15, -0.1) is 0 Å². The molecule has 202 valence electrons. The number of carbonyl (C=O) groups excluding carboxylic acids is 1. The first-order valence-corrected chi connectivity index (χ1v) is 14.6. The Labute approximate surface area is 232 Å². The SMILES string of the molecule is O=C(Nc1ccc(S(=O)(=O)N2CCOCC2)cc1)c1cc(Cl)ccc1N(c1cccc2cccnc12)S(=O)[O-]. The summed E-state index contributed by atoms with van der Waals surface area (Å²) in [7, 11) is -3.70. The Hall–Kier alpha value is -3.39. The van der Waals surface area contributed by atoms with Crippen molar-refractivity contribution in [3.05, 3.63) is 89.6 Å². The second-order valence-electron chi connectivity index (χ2n) is 8.52. The first kappa shape index (κ1) is 27.2. The van der Waals surface area contributed by atoms with Crippen LogP contribution in [0, 0.1) is 0 Å². The van der Waals surface area contributed by atoms with E-state index in [4.69, 9.17) is 16.3 Å². The highest BCUT2D eigenvalue weighted by molar-refractivity contribution is 7.89. The minimum atomic E-state index is -3.70. The Bertz CT molecular complexity index is 1660. The second kappa shape index (κ2) is 11.4. The molecular weight excluding hydrogens is 564 g/mol. The number of amides is 1. The van der Waals surface area contributed by atoms with Crippen molar-refractivity contribution in [2.45, 2.75) is 4.90 Å². The standard InChI is InChI=1S/C26H23ClN4O6S2/c27-19-6-11-23(31(38(33)34)24-5-1-3-18-4-2-12-28-25(18)24)22(17-19)26(32)29-20-7-9-21(10-8-20)39(35,36)30-13-15-37-16-14-30/h1-12,17H,13-16H2,(H,29,32)(H,33,34)/p-1. The number of anilines is 3. The molecule has 1 aliphatic rings. The van der Waals surface area contributed by atoms with Gasteiger partial charge in [0.15, 0.2) is 0 Å². The maximum absolute atomic E-state index is 13.4. The molecular formula is C26H22ClN4O6S2-. The summed E-state index contributed by atoms with van der Waals surface area (Å²) in [6.45, 7) is 1.19. The van der Waals surface area contributed by atoms with E-state index in [-0.39, 0.29) is 39.9 Å². The average Bonchev–Trinajstić information content (AvgIpc) is 2.94. The predicted octanol–water partition coefficient (Wildman–Crippen LogP) is 4.09. The van der Waals surface area contributed by atoms with Crippen LogP contribution in [0.4, 0.5) is 17.1 Å². The topological polar surface area (TPSA) is 132 Å². The zero-order valence-electron chi connectivity index (χ0n) is 20.3. The van der Waals surface area contributed by atoms with E-state index in [0.717, 1.165) is 9.69 Å². The van der Waals surface area contributed by atoms with Gasteiger partial charge < -0.3 is 14.6 Å². The molecule has 1 aliphatic heterocycles. The number of hydrogen-bond donors (Lipinski definition) is 1. The van der Waals surface area contributed by atoms with Gasteiger partial charge in [0.25, 0.3) is 5.91 Å². The van der Waals surface area contributed by atoms with E-state index in [2.05, 4.69) is 10.3 Å². The van der Waals surface area contributed by atoms with Crippen LogP contribution < -0.4 is 9.62 Å². The number of fused-ring (bicyclic) bond motifs is 1. The summed E-state index contributed by atoms with van der Waals surface area (Å²) < 4.78 is 58.3. The van der Waals surface area contributed by atoms with Gasteiger partial charge in [-0.2, -0.15) is 4.31 Å². The van der Waals surface area contributed by atoms with Crippen LogP contribution in [-0.4, -0.2) is 58.7 Å². The zero-order chi connectivity index (χ0) is 27.6. The number of halogens is 1. The summed E-state index contributed by atoms with van der Waals surface area (Å²) >= 11 is 3.37. The van der Waals surface area contributed by atoms with E-state index in [9.17, 15) is 22.0 Å². The summed E-state index contributed by atoms with van der Waals surface area (Å²) in [5.74, 6) is -0.639. The minimum absolute atomic E-state index is 0.00958. The molecule has 1 unspecified atom stereocenters. The van der Waals surface area contributed by atoms with Gasteiger partial charge in [-0.3, -0.25) is 18.3 Å². The first-order chi connectivity index (χ1) is 18.8. The maximum Gasteiger partial charge on any atom is 0.257 e. The molecule has 3 aromatic carbocycles. The lowest BCUT2D eigenvalue weighted by Crippen LogP contribution is -2.40. The Morgan fingerprint density at radius 3 is 2.46 bits per heavy atom. The van der Waals surface area contributed by atoms with E-state index in [1.807, 2.05) is 0 Å². The Kier molecular flexibility index (Phi) is 7.93. The number of pyridine rings is 1. The molecule has 1 fully saturated rings. The third-order valence-corrected chi connectivity index (χ3v) is 8.96. The van der Waals surface area contributed by atoms with Crippen molar-refractivity contribution < 1.29 is 26.7 Å². The van der Waals surface area contributed by atoms with Gasteiger partial charge >= 0.3 is 0 Å². The highest BCUT2D eigenvalue weighted by Crippen LogP contribution is 2.35. The van der Waals surface area contributed by atoms with Crippen molar-refractivity contribution in [2.75, 3.05) is 35.9 Å². The molecule has 1 N–H and O–H groups in total. The molecule has 0 spiro atoms. The summed E-state index contributed by atoms with van der Waals surface area (Å²) in [5.41, 5.74) is 1.06. The quantitative estimate of drug-likeness (QED) is 0.323. The highest BCUT2D eigenvalue weighted by Gasteiger charge is 2.26. The minimum Gasteiger partial charge on any atom is -0.755 e. The van der Waals surface area contributed by atoms with Gasteiger partial charge in [-0.05, 0) is 54.6 Å². The fourth-order valence-corrected chi connectivity index (χ4v) is 6.46. The van der Waals surface area contributed by atoms with Gasteiger partial charge in [-0.1, -0.05) is 29.8 Å². The second-order valence-corrected chi connectivity index (χ2v) is 11.7. The van der Waals surface area contributed by atoms with Crippen LogP contribution in [0.15, 0.2) is 83.9 Å². The lowest BCUT2D eigenvalue weighted by Gasteiger charge is -2.29. The molecule has 0 bridgehead atoms. The van der Waals surface area contributed by atoms with Crippen LogP contribution in [-0.2, 0) is 26.0 Å². The molecule has 4 aromatic rings. The number of morpholine rings is 1. The molecule has 13 heteroatoms. The molecule has 2 heterocycles. The van der Waals surface area contributed by atoms with Crippen LogP contribution in [0.3, 0.4) is 0 Å². The van der Waals surface area contributed by atoms with E-state index in [1.54, 1.807) is 36.5 Å². The molecule has 5 rings (SSSR count). The molecule has 0 saturated carbocycles. The summed E-state index contributed by atoms with van der Waals surface area (Å²) in [6, 6.07) is 18.7. The third-order valence-electron chi connectivity index (χ3n) is 6.12. The van der Waals surface area contributed by atoms with Crippen LogP contribution in [0.25, 0.3) is 10.9 Å². The molecule has 1 saturated heterocycles. The van der Waals surface area contributed by atoms with Crippen molar-refractivity contribution in [1.82, 2.24) is 9.29 Å². The molecule has 1 amide bonds. The number of sulfonamides is 1. The van der Waals surface area contributed by atoms with Gasteiger partial charge in [0.05, 0.1) is 51.8 Å². The van der Waals surface area contributed by atoms with Gasteiger partial charge in [0.1, 0.15) is 0 Å². The molecule has 0 radical (unpaired) electrons. The largest absolute Gasteiger partial charge is 0.755 e. The third kappa shape index (κ3) is 5.66. The fourth-order valence-electron chi connectivity index (χ4n) is 4.25. The fraction of sp³-hybridized carbons (Fsp3) is 0.154. The zero-order valence-corrected chi connectivity index (χ0v) is 22.7.